The monoisotopic (exact) mass is 327 g/mol. The summed E-state index contributed by atoms with van der Waals surface area (Å²) in [4.78, 5) is 23.9. The predicted molar refractivity (Wildman–Crippen MR) is 83.7 cm³/mol. The molecule has 2 rings (SSSR count). The molecule has 0 unspecified atom stereocenters. The van der Waals surface area contributed by atoms with E-state index in [1.54, 1.807) is 0 Å². The van der Waals surface area contributed by atoms with Gasteiger partial charge in [0.2, 0.25) is 5.91 Å². The lowest BCUT2D eigenvalue weighted by Crippen LogP contribution is -2.47. The van der Waals surface area contributed by atoms with Gasteiger partial charge in [0.1, 0.15) is 0 Å². The number of nitrogens with one attached hydrogen (secondary N) is 1. The van der Waals surface area contributed by atoms with E-state index in [4.69, 9.17) is 11.6 Å². The number of carboxylic acids is 1. The number of aliphatic carboxylic acids is 1. The summed E-state index contributed by atoms with van der Waals surface area (Å²) in [6.45, 7) is 0.234. The number of hydrogen-bond donors (Lipinski definition) is 2. The number of thioether (sulfide) groups is 1. The van der Waals surface area contributed by atoms with Crippen molar-refractivity contribution in [2.24, 2.45) is 5.41 Å². The van der Waals surface area contributed by atoms with E-state index < -0.39 is 11.4 Å². The Balaban J connectivity index is 1.71. The number of carbonyl (C=O) groups is 2. The zero-order valence-electron chi connectivity index (χ0n) is 11.6. The molecule has 0 saturated heterocycles. The van der Waals surface area contributed by atoms with Gasteiger partial charge < -0.3 is 10.4 Å². The Labute approximate surface area is 133 Å². The van der Waals surface area contributed by atoms with Crippen molar-refractivity contribution in [1.82, 2.24) is 5.32 Å². The Morgan fingerprint density at radius 2 is 2.05 bits per heavy atom. The third-order valence-corrected chi connectivity index (χ3v) is 5.33. The van der Waals surface area contributed by atoms with E-state index in [1.165, 1.54) is 11.8 Å². The average molecular weight is 328 g/mol. The van der Waals surface area contributed by atoms with Gasteiger partial charge in [0.15, 0.2) is 0 Å². The van der Waals surface area contributed by atoms with Gasteiger partial charge in [-0.1, -0.05) is 30.2 Å². The van der Waals surface area contributed by atoms with Crippen molar-refractivity contribution in [3.63, 3.8) is 0 Å². The summed E-state index contributed by atoms with van der Waals surface area (Å²) in [7, 11) is 0. The van der Waals surface area contributed by atoms with E-state index in [0.717, 1.165) is 11.3 Å². The fourth-order valence-electron chi connectivity index (χ4n) is 2.24. The number of halogens is 1. The molecule has 2 N–H and O–H groups in total. The van der Waals surface area contributed by atoms with Crippen molar-refractivity contribution in [3.8, 4) is 0 Å². The molecule has 0 bridgehead atoms. The maximum atomic E-state index is 11.8. The van der Waals surface area contributed by atoms with E-state index in [2.05, 4.69) is 5.32 Å². The van der Waals surface area contributed by atoms with Crippen LogP contribution in [0.4, 0.5) is 0 Å². The van der Waals surface area contributed by atoms with Crippen LogP contribution in [-0.4, -0.2) is 29.3 Å². The number of amides is 1. The first-order chi connectivity index (χ1) is 10.0. The second kappa shape index (κ2) is 7.18. The van der Waals surface area contributed by atoms with E-state index in [9.17, 15) is 14.7 Å². The first-order valence-electron chi connectivity index (χ1n) is 6.91. The average Bonchev–Trinajstić information content (AvgIpc) is 2.39. The van der Waals surface area contributed by atoms with Crippen LogP contribution in [0.15, 0.2) is 29.2 Å². The highest BCUT2D eigenvalue weighted by Gasteiger charge is 2.44. The summed E-state index contributed by atoms with van der Waals surface area (Å²) in [5.74, 6) is -0.295. The van der Waals surface area contributed by atoms with Crippen molar-refractivity contribution in [2.75, 3.05) is 12.3 Å². The molecule has 0 heterocycles. The highest BCUT2D eigenvalue weighted by Crippen LogP contribution is 2.40. The molecule has 114 valence electrons. The van der Waals surface area contributed by atoms with Gasteiger partial charge in [0.25, 0.3) is 0 Å². The highest BCUT2D eigenvalue weighted by molar-refractivity contribution is 7.99. The van der Waals surface area contributed by atoms with Crippen LogP contribution in [0.25, 0.3) is 0 Å². The summed E-state index contributed by atoms with van der Waals surface area (Å²) < 4.78 is 0. The molecular weight excluding hydrogens is 310 g/mol. The summed E-state index contributed by atoms with van der Waals surface area (Å²) in [6, 6.07) is 7.50. The van der Waals surface area contributed by atoms with Crippen LogP contribution in [0.5, 0.6) is 0 Å². The number of benzene rings is 1. The summed E-state index contributed by atoms with van der Waals surface area (Å²) in [5, 5.41) is 12.6. The molecule has 4 nitrogen and oxygen atoms in total. The van der Waals surface area contributed by atoms with Gasteiger partial charge in [-0.25, -0.2) is 0 Å². The lowest BCUT2D eigenvalue weighted by Gasteiger charge is -2.37. The molecular formula is C15H18ClNO3S. The van der Waals surface area contributed by atoms with Crippen LogP contribution in [0.1, 0.15) is 25.7 Å². The smallest absolute Gasteiger partial charge is 0.311 e. The number of hydrogen-bond acceptors (Lipinski definition) is 3. The Kier molecular flexibility index (Phi) is 5.53. The molecule has 0 atom stereocenters. The van der Waals surface area contributed by atoms with E-state index in [0.29, 0.717) is 30.0 Å². The Bertz CT molecular complexity index is 531. The third-order valence-electron chi connectivity index (χ3n) is 3.81. The number of rotatable bonds is 7. The molecule has 1 aliphatic carbocycles. The van der Waals surface area contributed by atoms with Gasteiger partial charge in [0.05, 0.1) is 10.4 Å². The topological polar surface area (TPSA) is 66.4 Å². The van der Waals surface area contributed by atoms with Gasteiger partial charge in [-0.3, -0.25) is 9.59 Å². The van der Waals surface area contributed by atoms with Crippen molar-refractivity contribution in [1.29, 1.82) is 0 Å². The lowest BCUT2D eigenvalue weighted by molar-refractivity contribution is -0.154. The molecule has 0 aromatic heterocycles. The molecule has 21 heavy (non-hydrogen) atoms. The number of carbonyl (C=O) groups excluding carboxylic acids is 1. The second-order valence-electron chi connectivity index (χ2n) is 5.24. The molecule has 1 saturated carbocycles. The maximum Gasteiger partial charge on any atom is 0.311 e. The Morgan fingerprint density at radius 3 is 2.62 bits per heavy atom. The normalized spacial score (nSPS) is 16.0. The van der Waals surface area contributed by atoms with Gasteiger partial charge in [-0.15, -0.1) is 11.8 Å². The van der Waals surface area contributed by atoms with Crippen LogP contribution in [0.2, 0.25) is 5.02 Å². The molecule has 0 radical (unpaired) electrons. The maximum absolute atomic E-state index is 11.8. The van der Waals surface area contributed by atoms with Crippen molar-refractivity contribution in [3.05, 3.63) is 29.3 Å². The summed E-state index contributed by atoms with van der Waals surface area (Å²) in [6.07, 6.45) is 2.57. The van der Waals surface area contributed by atoms with Gasteiger partial charge in [0, 0.05) is 23.6 Å². The van der Waals surface area contributed by atoms with Crippen molar-refractivity contribution < 1.29 is 14.7 Å². The van der Waals surface area contributed by atoms with E-state index >= 15 is 0 Å². The number of carboxylic acid groups (broad SMARTS) is 1. The van der Waals surface area contributed by atoms with Gasteiger partial charge >= 0.3 is 5.97 Å². The molecule has 1 aromatic rings. The molecule has 1 fully saturated rings. The van der Waals surface area contributed by atoms with E-state index in [1.807, 2.05) is 24.3 Å². The molecule has 1 aromatic carbocycles. The lowest BCUT2D eigenvalue weighted by atomic mass is 9.69. The third kappa shape index (κ3) is 4.14. The molecule has 0 spiro atoms. The van der Waals surface area contributed by atoms with Crippen LogP contribution in [0, 0.1) is 5.41 Å². The summed E-state index contributed by atoms with van der Waals surface area (Å²) in [5.41, 5.74) is -0.731. The van der Waals surface area contributed by atoms with Crippen LogP contribution in [0.3, 0.4) is 0 Å². The van der Waals surface area contributed by atoms with Gasteiger partial charge in [-0.2, -0.15) is 0 Å². The fraction of sp³-hybridized carbons (Fsp3) is 0.467. The van der Waals surface area contributed by atoms with E-state index in [-0.39, 0.29) is 12.5 Å². The second-order valence-corrected chi connectivity index (χ2v) is 6.79. The fourth-order valence-corrected chi connectivity index (χ4v) is 3.43. The predicted octanol–water partition coefficient (Wildman–Crippen LogP) is 3.19. The first-order valence-corrected chi connectivity index (χ1v) is 8.27. The molecule has 1 aliphatic rings. The molecule has 6 heteroatoms. The summed E-state index contributed by atoms with van der Waals surface area (Å²) >= 11 is 7.56. The quantitative estimate of drug-likeness (QED) is 0.755. The Hall–Kier alpha value is -1.20. The largest absolute Gasteiger partial charge is 0.481 e. The van der Waals surface area contributed by atoms with Crippen LogP contribution in [-0.2, 0) is 9.59 Å². The minimum absolute atomic E-state index is 0.109. The SMILES string of the molecule is O=C(CCSc1ccccc1Cl)NCC1(C(=O)O)CCC1. The van der Waals surface area contributed by atoms with Crippen molar-refractivity contribution >= 4 is 35.2 Å². The minimum atomic E-state index is -0.806. The minimum Gasteiger partial charge on any atom is -0.481 e. The zero-order valence-corrected chi connectivity index (χ0v) is 13.2. The zero-order chi connectivity index (χ0) is 15.3. The van der Waals surface area contributed by atoms with Crippen LogP contribution < -0.4 is 5.32 Å². The standard InChI is InChI=1S/C15H18ClNO3S/c16-11-4-1-2-5-12(11)21-9-6-13(18)17-10-15(14(19)20)7-3-8-15/h1-2,4-5H,3,6-10H2,(H,17,18)(H,19,20). The Morgan fingerprint density at radius 1 is 1.33 bits per heavy atom. The first kappa shape index (κ1) is 16.2. The van der Waals surface area contributed by atoms with Gasteiger partial charge in [-0.05, 0) is 25.0 Å². The molecule has 1 amide bonds. The molecule has 0 aliphatic heterocycles. The van der Waals surface area contributed by atoms with Crippen LogP contribution >= 0.6 is 23.4 Å². The highest BCUT2D eigenvalue weighted by atomic mass is 35.5. The van der Waals surface area contributed by atoms with Crippen molar-refractivity contribution in [2.45, 2.75) is 30.6 Å².